The highest BCUT2D eigenvalue weighted by molar-refractivity contribution is 7.14. The Morgan fingerprint density at radius 1 is 1.20 bits per heavy atom. The predicted molar refractivity (Wildman–Crippen MR) is 104 cm³/mol. The number of carbonyl (C=O) groups is 2. The molecule has 0 saturated carbocycles. The molecule has 1 heterocycles. The minimum Gasteiger partial charge on any atom is -0.449 e. The standard InChI is InChI=1S/C19H13F2N3O5S/c1-10(29-18(26)12-5-6-14(20)15(21)8-12)17(25)23-19-22-16(9-30-19)11-3-2-4-13(7-11)24(27)28/h2-10H,1H3,(H,22,23,25). The summed E-state index contributed by atoms with van der Waals surface area (Å²) in [7, 11) is 0. The first kappa shape index (κ1) is 21.0. The van der Waals surface area contributed by atoms with Crippen molar-refractivity contribution in [2.75, 3.05) is 5.32 Å². The van der Waals surface area contributed by atoms with Crippen LogP contribution in [0.5, 0.6) is 0 Å². The highest BCUT2D eigenvalue weighted by Gasteiger charge is 2.21. The Balaban J connectivity index is 1.64. The number of hydrogen-bond donors (Lipinski definition) is 1. The quantitative estimate of drug-likeness (QED) is 0.355. The molecule has 11 heteroatoms. The van der Waals surface area contributed by atoms with Gasteiger partial charge in [-0.25, -0.2) is 18.6 Å². The molecule has 2 aromatic carbocycles. The number of hydrogen-bond acceptors (Lipinski definition) is 7. The first-order valence-electron chi connectivity index (χ1n) is 8.42. The van der Waals surface area contributed by atoms with Gasteiger partial charge in [-0.3, -0.25) is 20.2 Å². The van der Waals surface area contributed by atoms with E-state index in [2.05, 4.69) is 10.3 Å². The zero-order valence-corrected chi connectivity index (χ0v) is 16.1. The number of nitro groups is 1. The van der Waals surface area contributed by atoms with Gasteiger partial charge < -0.3 is 4.74 Å². The maximum atomic E-state index is 13.2. The molecule has 154 valence electrons. The lowest BCUT2D eigenvalue weighted by Gasteiger charge is -2.12. The van der Waals surface area contributed by atoms with Crippen LogP contribution in [0.3, 0.4) is 0 Å². The van der Waals surface area contributed by atoms with Gasteiger partial charge in [-0.05, 0) is 25.1 Å². The number of non-ortho nitro benzene ring substituents is 1. The molecule has 1 aromatic heterocycles. The number of nitro benzene ring substituents is 1. The van der Waals surface area contributed by atoms with Crippen LogP contribution >= 0.6 is 11.3 Å². The molecule has 0 aliphatic rings. The van der Waals surface area contributed by atoms with Crippen molar-refractivity contribution in [3.8, 4) is 11.3 Å². The van der Waals surface area contributed by atoms with Gasteiger partial charge in [-0.15, -0.1) is 11.3 Å². The summed E-state index contributed by atoms with van der Waals surface area (Å²) in [5, 5.41) is 15.2. The van der Waals surface area contributed by atoms with E-state index in [1.165, 1.54) is 25.1 Å². The molecule has 1 atom stereocenters. The highest BCUT2D eigenvalue weighted by Crippen LogP contribution is 2.27. The first-order chi connectivity index (χ1) is 14.2. The third kappa shape index (κ3) is 4.81. The van der Waals surface area contributed by atoms with Crippen LogP contribution in [-0.4, -0.2) is 27.9 Å². The Morgan fingerprint density at radius 3 is 2.67 bits per heavy atom. The maximum absolute atomic E-state index is 13.2. The van der Waals surface area contributed by atoms with E-state index in [9.17, 15) is 28.5 Å². The number of carbonyl (C=O) groups excluding carboxylic acids is 2. The number of esters is 1. The molecule has 0 aliphatic heterocycles. The van der Waals surface area contributed by atoms with Crippen molar-refractivity contribution in [2.45, 2.75) is 13.0 Å². The van der Waals surface area contributed by atoms with Gasteiger partial charge in [0.2, 0.25) is 0 Å². The normalized spacial score (nSPS) is 11.6. The molecular formula is C19H13F2N3O5S. The molecule has 3 aromatic rings. The molecule has 3 rings (SSSR count). The zero-order valence-electron chi connectivity index (χ0n) is 15.3. The van der Waals surface area contributed by atoms with Crippen molar-refractivity contribution in [1.82, 2.24) is 4.98 Å². The van der Waals surface area contributed by atoms with Crippen molar-refractivity contribution in [1.29, 1.82) is 0 Å². The Kier molecular flexibility index (Phi) is 6.11. The second kappa shape index (κ2) is 8.74. The summed E-state index contributed by atoms with van der Waals surface area (Å²) in [4.78, 5) is 38.8. The number of nitrogens with one attached hydrogen (secondary N) is 1. The molecular weight excluding hydrogens is 420 g/mol. The van der Waals surface area contributed by atoms with Crippen LogP contribution in [-0.2, 0) is 9.53 Å². The summed E-state index contributed by atoms with van der Waals surface area (Å²) in [5.74, 6) is -4.00. The van der Waals surface area contributed by atoms with Gasteiger partial charge in [0.15, 0.2) is 22.9 Å². The molecule has 0 aliphatic carbocycles. The van der Waals surface area contributed by atoms with Gasteiger partial charge in [0.1, 0.15) is 0 Å². The van der Waals surface area contributed by atoms with Crippen molar-refractivity contribution >= 4 is 34.0 Å². The fourth-order valence-electron chi connectivity index (χ4n) is 2.35. The molecule has 8 nitrogen and oxygen atoms in total. The number of ether oxygens (including phenoxy) is 1. The minimum absolute atomic E-state index is 0.0937. The fourth-order valence-corrected chi connectivity index (χ4v) is 3.08. The molecule has 0 radical (unpaired) electrons. The Labute approximate surface area is 172 Å². The number of amides is 1. The van der Waals surface area contributed by atoms with Crippen LogP contribution in [0.4, 0.5) is 19.6 Å². The molecule has 1 N–H and O–H groups in total. The van der Waals surface area contributed by atoms with Crippen LogP contribution in [0.25, 0.3) is 11.3 Å². The number of benzene rings is 2. The molecule has 0 fully saturated rings. The smallest absolute Gasteiger partial charge is 0.339 e. The first-order valence-corrected chi connectivity index (χ1v) is 9.30. The van der Waals surface area contributed by atoms with Crippen LogP contribution in [0.15, 0.2) is 47.8 Å². The number of nitrogens with zero attached hydrogens (tertiary/aromatic N) is 2. The number of rotatable bonds is 6. The van der Waals surface area contributed by atoms with E-state index in [0.29, 0.717) is 17.3 Å². The summed E-state index contributed by atoms with van der Waals surface area (Å²) >= 11 is 1.08. The van der Waals surface area contributed by atoms with E-state index in [1.54, 1.807) is 11.4 Å². The van der Waals surface area contributed by atoms with Crippen LogP contribution < -0.4 is 5.32 Å². The number of anilines is 1. The lowest BCUT2D eigenvalue weighted by atomic mass is 10.1. The predicted octanol–water partition coefficient (Wildman–Crippen LogP) is 4.18. The van der Waals surface area contributed by atoms with E-state index >= 15 is 0 Å². The minimum atomic E-state index is -1.24. The van der Waals surface area contributed by atoms with E-state index in [0.717, 1.165) is 23.5 Å². The lowest BCUT2D eigenvalue weighted by Crippen LogP contribution is -2.30. The monoisotopic (exact) mass is 433 g/mol. The van der Waals surface area contributed by atoms with Gasteiger partial charge in [0.05, 0.1) is 16.2 Å². The lowest BCUT2D eigenvalue weighted by molar-refractivity contribution is -0.384. The van der Waals surface area contributed by atoms with Gasteiger partial charge in [-0.1, -0.05) is 12.1 Å². The number of thiazole rings is 1. The average molecular weight is 433 g/mol. The SMILES string of the molecule is CC(OC(=O)c1ccc(F)c(F)c1)C(=O)Nc1nc(-c2cccc([N+](=O)[O-])c2)cs1. The third-order valence-corrected chi connectivity index (χ3v) is 4.65. The number of halogens is 2. The van der Waals surface area contributed by atoms with Crippen molar-refractivity contribution in [2.24, 2.45) is 0 Å². The largest absolute Gasteiger partial charge is 0.449 e. The second-order valence-corrected chi connectivity index (χ2v) is 6.87. The van der Waals surface area contributed by atoms with Gasteiger partial charge >= 0.3 is 5.97 Å². The summed E-state index contributed by atoms with van der Waals surface area (Å²) in [6.45, 7) is 1.31. The topological polar surface area (TPSA) is 111 Å². The molecule has 0 spiro atoms. The Bertz CT molecular complexity index is 1130. The van der Waals surface area contributed by atoms with Gasteiger partial charge in [0.25, 0.3) is 11.6 Å². The van der Waals surface area contributed by atoms with E-state index < -0.39 is 34.5 Å². The Morgan fingerprint density at radius 2 is 1.97 bits per heavy atom. The zero-order chi connectivity index (χ0) is 21.8. The molecule has 0 saturated heterocycles. The van der Waals surface area contributed by atoms with Crippen LogP contribution in [0.2, 0.25) is 0 Å². The van der Waals surface area contributed by atoms with Crippen molar-refractivity contribution in [3.63, 3.8) is 0 Å². The molecule has 30 heavy (non-hydrogen) atoms. The molecule has 1 unspecified atom stereocenters. The average Bonchev–Trinajstić information content (AvgIpc) is 3.18. The highest BCUT2D eigenvalue weighted by atomic mass is 32.1. The van der Waals surface area contributed by atoms with Gasteiger partial charge in [-0.2, -0.15) is 0 Å². The third-order valence-electron chi connectivity index (χ3n) is 3.90. The molecule has 1 amide bonds. The van der Waals surface area contributed by atoms with E-state index in [1.807, 2.05) is 0 Å². The van der Waals surface area contributed by atoms with E-state index in [4.69, 9.17) is 4.74 Å². The van der Waals surface area contributed by atoms with Gasteiger partial charge in [0, 0.05) is 23.1 Å². The maximum Gasteiger partial charge on any atom is 0.339 e. The molecule has 0 bridgehead atoms. The van der Waals surface area contributed by atoms with E-state index in [-0.39, 0.29) is 16.4 Å². The Hall–Kier alpha value is -3.73. The summed E-state index contributed by atoms with van der Waals surface area (Å²) < 4.78 is 31.1. The second-order valence-electron chi connectivity index (χ2n) is 6.01. The number of aromatic nitrogens is 1. The van der Waals surface area contributed by atoms with Crippen LogP contribution in [0, 0.1) is 21.7 Å². The fraction of sp³-hybridized carbons (Fsp3) is 0.105. The van der Waals surface area contributed by atoms with Crippen molar-refractivity contribution in [3.05, 3.63) is 75.2 Å². The van der Waals surface area contributed by atoms with Crippen LogP contribution in [0.1, 0.15) is 17.3 Å². The van der Waals surface area contributed by atoms with Crippen molar-refractivity contribution < 1.29 is 28.0 Å². The summed E-state index contributed by atoms with van der Waals surface area (Å²) in [6.07, 6.45) is -1.24. The summed E-state index contributed by atoms with van der Waals surface area (Å²) in [5.41, 5.74) is 0.587. The summed E-state index contributed by atoms with van der Waals surface area (Å²) in [6, 6.07) is 8.35.